The van der Waals surface area contributed by atoms with Gasteiger partial charge in [-0.3, -0.25) is 0 Å². The maximum absolute atomic E-state index is 5.81. The quantitative estimate of drug-likeness (QED) is 0.777. The first-order valence-corrected chi connectivity index (χ1v) is 6.03. The molecule has 0 radical (unpaired) electrons. The molecule has 0 amide bonds. The van der Waals surface area contributed by atoms with Crippen molar-refractivity contribution in [2.24, 2.45) is 5.92 Å². The summed E-state index contributed by atoms with van der Waals surface area (Å²) in [7, 11) is 0. The van der Waals surface area contributed by atoms with Crippen LogP contribution in [0.2, 0.25) is 0 Å². The number of hydrogen-bond acceptors (Lipinski definition) is 5. The van der Waals surface area contributed by atoms with Crippen molar-refractivity contribution in [3.63, 3.8) is 0 Å². The lowest BCUT2D eigenvalue weighted by Gasteiger charge is -2.18. The van der Waals surface area contributed by atoms with Gasteiger partial charge in [0.25, 0.3) is 0 Å². The number of nitrogens with zero attached hydrogens (tertiary/aromatic N) is 2. The van der Waals surface area contributed by atoms with Crippen LogP contribution in [0.15, 0.2) is 16.8 Å². The van der Waals surface area contributed by atoms with Gasteiger partial charge in [0.15, 0.2) is 11.0 Å². The molecule has 0 saturated heterocycles. The Morgan fingerprint density at radius 3 is 2.88 bits per heavy atom. The molecule has 1 aromatic heterocycles. The largest absolute Gasteiger partial charge is 0.397 e. The van der Waals surface area contributed by atoms with Crippen molar-refractivity contribution >= 4 is 22.4 Å². The van der Waals surface area contributed by atoms with E-state index in [4.69, 9.17) is 10.4 Å². The van der Waals surface area contributed by atoms with Crippen LogP contribution >= 0.6 is 0 Å². The predicted octanol–water partition coefficient (Wildman–Crippen LogP) is 2.41. The van der Waals surface area contributed by atoms with Crippen LogP contribution in [0.5, 0.6) is 0 Å². The maximum atomic E-state index is 5.81. The Balaban J connectivity index is 1.95. The first-order chi connectivity index (χ1) is 8.25. The molecule has 2 aromatic rings. The van der Waals surface area contributed by atoms with Gasteiger partial charge in [0.2, 0.25) is 0 Å². The van der Waals surface area contributed by atoms with Gasteiger partial charge in [0.1, 0.15) is 0 Å². The van der Waals surface area contributed by atoms with E-state index in [0.29, 0.717) is 23.2 Å². The van der Waals surface area contributed by atoms with Gasteiger partial charge in [-0.2, -0.15) is 0 Å². The number of hydrogen-bond donors (Lipinski definition) is 2. The van der Waals surface area contributed by atoms with E-state index < -0.39 is 0 Å². The highest BCUT2D eigenvalue weighted by atomic mass is 16.6. The zero-order valence-electron chi connectivity index (χ0n) is 9.81. The van der Waals surface area contributed by atoms with Crippen molar-refractivity contribution < 1.29 is 4.63 Å². The van der Waals surface area contributed by atoms with E-state index in [0.717, 1.165) is 11.2 Å². The molecule has 3 rings (SSSR count). The van der Waals surface area contributed by atoms with Gasteiger partial charge in [-0.25, -0.2) is 4.63 Å². The number of fused-ring (bicyclic) bond motifs is 1. The van der Waals surface area contributed by atoms with Crippen molar-refractivity contribution in [2.75, 3.05) is 11.1 Å². The molecule has 1 aliphatic carbocycles. The molecular weight excluding hydrogens is 216 g/mol. The number of anilines is 2. The monoisotopic (exact) mass is 232 g/mol. The molecule has 3 N–H and O–H groups in total. The Bertz CT molecular complexity index is 536. The number of benzene rings is 1. The Morgan fingerprint density at radius 1 is 1.29 bits per heavy atom. The minimum absolute atomic E-state index is 0.513. The summed E-state index contributed by atoms with van der Waals surface area (Å²) in [6.07, 6.45) is 3.78. The lowest BCUT2D eigenvalue weighted by atomic mass is 10.1. The average Bonchev–Trinajstić information content (AvgIpc) is 2.93. The fourth-order valence-electron chi connectivity index (χ4n) is 2.56. The SMILES string of the molecule is CC1CCCC1Nc1ccc(N)c2nonc12. The molecule has 2 unspecified atom stereocenters. The van der Waals surface area contributed by atoms with Crippen LogP contribution in [0.25, 0.3) is 11.0 Å². The van der Waals surface area contributed by atoms with Crippen LogP contribution in [0, 0.1) is 5.92 Å². The second-order valence-corrected chi connectivity index (χ2v) is 4.82. The van der Waals surface area contributed by atoms with E-state index in [1.165, 1.54) is 19.3 Å². The van der Waals surface area contributed by atoms with Crippen molar-refractivity contribution in [3.8, 4) is 0 Å². The van der Waals surface area contributed by atoms with Crippen LogP contribution in [0.3, 0.4) is 0 Å². The summed E-state index contributed by atoms with van der Waals surface area (Å²) < 4.78 is 4.76. The summed E-state index contributed by atoms with van der Waals surface area (Å²) in [5.74, 6) is 0.697. The van der Waals surface area contributed by atoms with Gasteiger partial charge >= 0.3 is 0 Å². The second-order valence-electron chi connectivity index (χ2n) is 4.82. The van der Waals surface area contributed by atoms with Crippen LogP contribution in [-0.2, 0) is 0 Å². The third kappa shape index (κ3) is 1.71. The molecule has 5 nitrogen and oxygen atoms in total. The Morgan fingerprint density at radius 2 is 2.12 bits per heavy atom. The standard InChI is InChI=1S/C12H16N4O/c1-7-3-2-4-9(7)14-10-6-5-8(13)11-12(10)16-17-15-11/h5-7,9,14H,2-4,13H2,1H3. The summed E-state index contributed by atoms with van der Waals surface area (Å²) in [5, 5.41) is 11.3. The zero-order valence-corrected chi connectivity index (χ0v) is 9.81. The van der Waals surface area contributed by atoms with Crippen molar-refractivity contribution in [3.05, 3.63) is 12.1 Å². The molecule has 17 heavy (non-hydrogen) atoms. The molecular formula is C12H16N4O. The summed E-state index contributed by atoms with van der Waals surface area (Å²) in [4.78, 5) is 0. The van der Waals surface area contributed by atoms with Gasteiger partial charge < -0.3 is 11.1 Å². The molecule has 2 atom stereocenters. The maximum Gasteiger partial charge on any atom is 0.160 e. The Labute approximate surface area is 99.3 Å². The van der Waals surface area contributed by atoms with Crippen molar-refractivity contribution in [1.82, 2.24) is 10.3 Å². The Hall–Kier alpha value is -1.78. The number of rotatable bonds is 2. The molecule has 1 aromatic carbocycles. The third-order valence-electron chi connectivity index (χ3n) is 3.65. The van der Waals surface area contributed by atoms with E-state index in [1.807, 2.05) is 12.1 Å². The lowest BCUT2D eigenvalue weighted by molar-refractivity contribution is 0.315. The van der Waals surface area contributed by atoms with E-state index in [9.17, 15) is 0 Å². The normalized spacial score (nSPS) is 24.3. The summed E-state index contributed by atoms with van der Waals surface area (Å²) in [6.45, 7) is 2.28. The molecule has 1 aliphatic rings. The molecule has 90 valence electrons. The molecule has 1 fully saturated rings. The molecule has 1 heterocycles. The average molecular weight is 232 g/mol. The van der Waals surface area contributed by atoms with Gasteiger partial charge in [0.05, 0.1) is 11.4 Å². The first kappa shape index (κ1) is 10.4. The van der Waals surface area contributed by atoms with E-state index in [2.05, 4.69) is 22.6 Å². The van der Waals surface area contributed by atoms with E-state index in [-0.39, 0.29) is 0 Å². The minimum atomic E-state index is 0.513. The fourth-order valence-corrected chi connectivity index (χ4v) is 2.56. The number of nitrogen functional groups attached to an aromatic ring is 1. The van der Waals surface area contributed by atoms with Crippen LogP contribution in [-0.4, -0.2) is 16.4 Å². The topological polar surface area (TPSA) is 77.0 Å². The molecule has 1 saturated carbocycles. The smallest absolute Gasteiger partial charge is 0.160 e. The number of nitrogens with two attached hydrogens (primary N) is 1. The van der Waals surface area contributed by atoms with Gasteiger partial charge in [-0.1, -0.05) is 13.3 Å². The van der Waals surface area contributed by atoms with E-state index >= 15 is 0 Å². The first-order valence-electron chi connectivity index (χ1n) is 6.03. The van der Waals surface area contributed by atoms with Crippen molar-refractivity contribution in [2.45, 2.75) is 32.2 Å². The molecule has 5 heteroatoms. The van der Waals surface area contributed by atoms with Crippen molar-refractivity contribution in [1.29, 1.82) is 0 Å². The third-order valence-corrected chi connectivity index (χ3v) is 3.65. The number of nitrogens with one attached hydrogen (secondary N) is 1. The van der Waals surface area contributed by atoms with E-state index in [1.54, 1.807) is 0 Å². The van der Waals surface area contributed by atoms with Gasteiger partial charge in [-0.05, 0) is 41.2 Å². The fraction of sp³-hybridized carbons (Fsp3) is 0.500. The Kier molecular flexibility index (Phi) is 2.39. The minimum Gasteiger partial charge on any atom is -0.397 e. The van der Waals surface area contributed by atoms with Gasteiger partial charge in [-0.15, -0.1) is 0 Å². The van der Waals surface area contributed by atoms with Gasteiger partial charge in [0, 0.05) is 6.04 Å². The predicted molar refractivity (Wildman–Crippen MR) is 66.6 cm³/mol. The van der Waals surface area contributed by atoms with Crippen LogP contribution in [0.4, 0.5) is 11.4 Å². The molecule has 0 aliphatic heterocycles. The second kappa shape index (κ2) is 3.91. The highest BCUT2D eigenvalue weighted by Gasteiger charge is 2.24. The lowest BCUT2D eigenvalue weighted by Crippen LogP contribution is -2.21. The van der Waals surface area contributed by atoms with Crippen LogP contribution in [0.1, 0.15) is 26.2 Å². The molecule has 0 spiro atoms. The highest BCUT2D eigenvalue weighted by molar-refractivity contribution is 5.95. The number of aromatic nitrogens is 2. The van der Waals surface area contributed by atoms with Crippen LogP contribution < -0.4 is 11.1 Å². The summed E-state index contributed by atoms with van der Waals surface area (Å²) in [6, 6.07) is 4.31. The summed E-state index contributed by atoms with van der Waals surface area (Å²) in [5.41, 5.74) is 8.75. The highest BCUT2D eigenvalue weighted by Crippen LogP contribution is 2.31. The zero-order chi connectivity index (χ0) is 11.8. The molecule has 0 bridgehead atoms. The summed E-state index contributed by atoms with van der Waals surface area (Å²) >= 11 is 0.